The second kappa shape index (κ2) is 8.45. The largest absolute Gasteiger partial charge is 0.457 e. The number of amides is 1. The Morgan fingerprint density at radius 1 is 0.897 bits per heavy atom. The third-order valence-corrected chi connectivity index (χ3v) is 5.21. The van der Waals surface area contributed by atoms with Crippen molar-refractivity contribution in [2.24, 2.45) is 0 Å². The Kier molecular flexibility index (Phi) is 5.58. The van der Waals surface area contributed by atoms with Gasteiger partial charge in [-0.25, -0.2) is 4.39 Å². The minimum absolute atomic E-state index is 0.0649. The van der Waals surface area contributed by atoms with Crippen molar-refractivity contribution in [2.45, 2.75) is 19.5 Å². The second-order valence-electron chi connectivity index (χ2n) is 7.17. The number of rotatable bonds is 5. The van der Waals surface area contributed by atoms with Crippen LogP contribution in [0, 0.1) is 5.82 Å². The van der Waals surface area contributed by atoms with E-state index < -0.39 is 0 Å². The number of carbonyl (C=O) groups excluding carboxylic acids is 1. The Morgan fingerprint density at radius 2 is 1.55 bits per heavy atom. The summed E-state index contributed by atoms with van der Waals surface area (Å²) in [5.41, 5.74) is 1.87. The average Bonchev–Trinajstić information content (AvgIpc) is 2.75. The van der Waals surface area contributed by atoms with Gasteiger partial charge in [0.1, 0.15) is 17.3 Å². The van der Waals surface area contributed by atoms with Crippen LogP contribution in [0.15, 0.2) is 78.9 Å². The molecule has 1 amide bonds. The molecule has 4 nitrogen and oxygen atoms in total. The number of anilines is 1. The van der Waals surface area contributed by atoms with E-state index in [1.54, 1.807) is 12.1 Å². The average molecular weight is 390 g/mol. The minimum Gasteiger partial charge on any atom is -0.457 e. The molecule has 3 aromatic carbocycles. The second-order valence-corrected chi connectivity index (χ2v) is 7.17. The molecule has 1 saturated heterocycles. The van der Waals surface area contributed by atoms with Crippen LogP contribution in [0.5, 0.6) is 11.5 Å². The summed E-state index contributed by atoms with van der Waals surface area (Å²) in [4.78, 5) is 16.9. The van der Waals surface area contributed by atoms with E-state index in [4.69, 9.17) is 4.74 Å². The van der Waals surface area contributed by atoms with Gasteiger partial charge in [-0.1, -0.05) is 30.3 Å². The number of halogens is 1. The van der Waals surface area contributed by atoms with Crippen molar-refractivity contribution >= 4 is 11.6 Å². The topological polar surface area (TPSA) is 32.8 Å². The van der Waals surface area contributed by atoms with E-state index in [0.29, 0.717) is 13.1 Å². The van der Waals surface area contributed by atoms with Crippen LogP contribution >= 0.6 is 0 Å². The van der Waals surface area contributed by atoms with Crippen molar-refractivity contribution < 1.29 is 13.9 Å². The van der Waals surface area contributed by atoms with E-state index in [2.05, 4.69) is 4.90 Å². The maximum atomic E-state index is 13.1. The molecule has 0 saturated carbocycles. The minimum atomic E-state index is -0.248. The summed E-state index contributed by atoms with van der Waals surface area (Å²) in [6.07, 6.45) is 0. The first-order chi connectivity index (χ1) is 14.1. The van der Waals surface area contributed by atoms with Crippen LogP contribution in [0.3, 0.4) is 0 Å². The summed E-state index contributed by atoms with van der Waals surface area (Å²) in [6.45, 7) is 3.92. The summed E-state index contributed by atoms with van der Waals surface area (Å²) in [5, 5.41) is 0. The summed E-state index contributed by atoms with van der Waals surface area (Å²) in [5.74, 6) is 1.33. The van der Waals surface area contributed by atoms with Gasteiger partial charge < -0.3 is 9.64 Å². The molecule has 1 aliphatic rings. The van der Waals surface area contributed by atoms with E-state index in [-0.39, 0.29) is 17.8 Å². The van der Waals surface area contributed by atoms with Gasteiger partial charge in [-0.15, -0.1) is 0 Å². The molecule has 0 spiro atoms. The number of piperazine rings is 1. The molecular weight excluding hydrogens is 367 g/mol. The molecule has 0 aromatic heterocycles. The fourth-order valence-corrected chi connectivity index (χ4v) is 3.53. The summed E-state index contributed by atoms with van der Waals surface area (Å²) in [6, 6.07) is 23.4. The van der Waals surface area contributed by atoms with Gasteiger partial charge in [0.05, 0.1) is 6.04 Å². The highest BCUT2D eigenvalue weighted by molar-refractivity contribution is 5.97. The van der Waals surface area contributed by atoms with Crippen molar-refractivity contribution in [3.63, 3.8) is 0 Å². The van der Waals surface area contributed by atoms with E-state index in [9.17, 15) is 9.18 Å². The SMILES string of the molecule is CC1C(=O)N(c2ccc(Oc3ccccc3)cc2)CCN1Cc1ccc(F)cc1. The number of para-hydroxylation sites is 1. The van der Waals surface area contributed by atoms with Crippen molar-refractivity contribution in [1.82, 2.24) is 4.90 Å². The Hall–Kier alpha value is -3.18. The molecule has 29 heavy (non-hydrogen) atoms. The Morgan fingerprint density at radius 3 is 2.24 bits per heavy atom. The van der Waals surface area contributed by atoms with Crippen LogP contribution in [-0.2, 0) is 11.3 Å². The third kappa shape index (κ3) is 4.46. The normalized spacial score (nSPS) is 17.4. The Bertz CT molecular complexity index is 958. The predicted molar refractivity (Wildman–Crippen MR) is 112 cm³/mol. The molecule has 1 heterocycles. The van der Waals surface area contributed by atoms with Crippen molar-refractivity contribution in [1.29, 1.82) is 0 Å². The Balaban J connectivity index is 1.41. The molecule has 3 aromatic rings. The summed E-state index contributed by atoms with van der Waals surface area (Å²) in [7, 11) is 0. The lowest BCUT2D eigenvalue weighted by molar-refractivity contribution is -0.125. The highest BCUT2D eigenvalue weighted by atomic mass is 19.1. The van der Waals surface area contributed by atoms with Gasteiger partial charge in [-0.05, 0) is 61.0 Å². The van der Waals surface area contributed by atoms with E-state index >= 15 is 0 Å². The lowest BCUT2D eigenvalue weighted by atomic mass is 10.1. The fourth-order valence-electron chi connectivity index (χ4n) is 3.53. The van der Waals surface area contributed by atoms with Gasteiger partial charge in [0.25, 0.3) is 0 Å². The molecule has 1 fully saturated rings. The van der Waals surface area contributed by atoms with Crippen molar-refractivity contribution in [3.05, 3.63) is 90.2 Å². The van der Waals surface area contributed by atoms with Gasteiger partial charge >= 0.3 is 0 Å². The molecule has 1 unspecified atom stereocenters. The highest BCUT2D eigenvalue weighted by Crippen LogP contribution is 2.26. The number of hydrogen-bond acceptors (Lipinski definition) is 3. The zero-order chi connectivity index (χ0) is 20.2. The highest BCUT2D eigenvalue weighted by Gasteiger charge is 2.32. The number of hydrogen-bond donors (Lipinski definition) is 0. The van der Waals surface area contributed by atoms with E-state index in [1.165, 1.54) is 12.1 Å². The van der Waals surface area contributed by atoms with Gasteiger partial charge in [0.15, 0.2) is 0 Å². The zero-order valence-corrected chi connectivity index (χ0v) is 16.3. The predicted octanol–water partition coefficient (Wildman–Crippen LogP) is 4.86. The van der Waals surface area contributed by atoms with E-state index in [1.807, 2.05) is 66.4 Å². The zero-order valence-electron chi connectivity index (χ0n) is 16.3. The molecule has 4 rings (SSSR count). The van der Waals surface area contributed by atoms with Crippen LogP contribution in [-0.4, -0.2) is 29.9 Å². The molecule has 0 N–H and O–H groups in total. The molecule has 1 aliphatic heterocycles. The summed E-state index contributed by atoms with van der Waals surface area (Å²) < 4.78 is 18.9. The smallest absolute Gasteiger partial charge is 0.244 e. The van der Waals surface area contributed by atoms with Gasteiger partial charge in [-0.2, -0.15) is 0 Å². The third-order valence-electron chi connectivity index (χ3n) is 5.21. The van der Waals surface area contributed by atoms with Crippen LogP contribution in [0.2, 0.25) is 0 Å². The van der Waals surface area contributed by atoms with Crippen LogP contribution in [0.25, 0.3) is 0 Å². The quantitative estimate of drug-likeness (QED) is 0.624. The van der Waals surface area contributed by atoms with Crippen LogP contribution < -0.4 is 9.64 Å². The molecule has 1 atom stereocenters. The lowest BCUT2D eigenvalue weighted by Crippen LogP contribution is -2.55. The lowest BCUT2D eigenvalue weighted by Gasteiger charge is -2.39. The number of ether oxygens (including phenoxy) is 1. The molecule has 0 radical (unpaired) electrons. The Labute approximate surface area is 170 Å². The maximum Gasteiger partial charge on any atom is 0.244 e. The van der Waals surface area contributed by atoms with Gasteiger partial charge in [0, 0.05) is 25.3 Å². The first kappa shape index (κ1) is 19.2. The molecule has 0 aliphatic carbocycles. The maximum absolute atomic E-state index is 13.1. The molecule has 0 bridgehead atoms. The standard InChI is InChI=1S/C24H23FN2O2/c1-18-24(28)27(16-15-26(18)17-19-7-9-20(25)10-8-19)21-11-13-23(14-12-21)29-22-5-3-2-4-6-22/h2-14,18H,15-17H2,1H3. The van der Waals surface area contributed by atoms with E-state index in [0.717, 1.165) is 29.3 Å². The number of carbonyl (C=O) groups is 1. The number of benzene rings is 3. The van der Waals surface area contributed by atoms with Crippen molar-refractivity contribution in [2.75, 3.05) is 18.0 Å². The van der Waals surface area contributed by atoms with Crippen LogP contribution in [0.1, 0.15) is 12.5 Å². The number of nitrogens with zero attached hydrogens (tertiary/aromatic N) is 2. The molecule has 5 heteroatoms. The van der Waals surface area contributed by atoms with Crippen LogP contribution in [0.4, 0.5) is 10.1 Å². The van der Waals surface area contributed by atoms with Crippen molar-refractivity contribution in [3.8, 4) is 11.5 Å². The molecule has 148 valence electrons. The first-order valence-corrected chi connectivity index (χ1v) is 9.73. The fraction of sp³-hybridized carbons (Fsp3) is 0.208. The molecular formula is C24H23FN2O2. The summed E-state index contributed by atoms with van der Waals surface area (Å²) >= 11 is 0. The monoisotopic (exact) mass is 390 g/mol. The van der Waals surface area contributed by atoms with Gasteiger partial charge in [0.2, 0.25) is 5.91 Å². The first-order valence-electron chi connectivity index (χ1n) is 9.73. The van der Waals surface area contributed by atoms with Gasteiger partial charge in [-0.3, -0.25) is 9.69 Å².